The summed E-state index contributed by atoms with van der Waals surface area (Å²) in [6, 6.07) is 4.76. The number of hydrogen-bond donors (Lipinski definition) is 1. The van der Waals surface area contributed by atoms with Gasteiger partial charge in [-0.1, -0.05) is 46.9 Å². The summed E-state index contributed by atoms with van der Waals surface area (Å²) in [6.45, 7) is 0. The average molecular weight is 367 g/mol. The topological polar surface area (TPSA) is 49.9 Å². The third-order valence-electron chi connectivity index (χ3n) is 2.89. The molecule has 0 saturated heterocycles. The fraction of sp³-hybridized carbons (Fsp3) is 0.143. The van der Waals surface area contributed by atoms with E-state index in [1.165, 1.54) is 24.4 Å². The van der Waals surface area contributed by atoms with Crippen molar-refractivity contribution < 1.29 is 18.4 Å². The van der Waals surface area contributed by atoms with Crippen LogP contribution in [0.25, 0.3) is 0 Å². The van der Waals surface area contributed by atoms with Gasteiger partial charge in [0.1, 0.15) is 0 Å². The van der Waals surface area contributed by atoms with E-state index in [0.29, 0.717) is 0 Å². The van der Waals surface area contributed by atoms with Crippen LogP contribution >= 0.6 is 34.8 Å². The highest BCUT2D eigenvalue weighted by molar-refractivity contribution is 6.77. The predicted octanol–water partition coefficient (Wildman–Crippen LogP) is 4.27. The Morgan fingerprint density at radius 3 is 2.50 bits per heavy atom. The molecule has 1 aromatic carbocycles. The van der Waals surface area contributed by atoms with Crippen molar-refractivity contribution in [2.24, 2.45) is 0 Å². The maximum absolute atomic E-state index is 13.5. The Labute approximate surface area is 139 Å². The smallest absolute Gasteiger partial charge is 0.254 e. The van der Waals surface area contributed by atoms with Crippen LogP contribution in [0.4, 0.5) is 8.78 Å². The highest BCUT2D eigenvalue weighted by atomic mass is 35.6. The molecule has 0 spiro atoms. The number of hydrogen-bond acceptors (Lipinski definition) is 2. The summed E-state index contributed by atoms with van der Waals surface area (Å²) in [6.07, 6.45) is 0.881. The molecule has 0 aliphatic carbocycles. The summed E-state index contributed by atoms with van der Waals surface area (Å²) in [5.41, 5.74) is -0.0511. The van der Waals surface area contributed by atoms with E-state index in [1.807, 2.05) is 0 Å². The third kappa shape index (κ3) is 3.66. The van der Waals surface area contributed by atoms with Gasteiger partial charge in [0.25, 0.3) is 3.79 Å². The highest BCUT2D eigenvalue weighted by Crippen LogP contribution is 2.30. The Bertz CT molecular complexity index is 738. The minimum Gasteiger partial charge on any atom is -0.358 e. The number of carbonyl (C=O) groups is 2. The fourth-order valence-corrected chi connectivity index (χ4v) is 2.10. The normalized spacial score (nSPS) is 11.5. The van der Waals surface area contributed by atoms with Crippen LogP contribution in [0.2, 0.25) is 0 Å². The predicted molar refractivity (Wildman–Crippen MR) is 79.8 cm³/mol. The zero-order valence-corrected chi connectivity index (χ0v) is 13.1. The lowest BCUT2D eigenvalue weighted by Crippen LogP contribution is -2.19. The molecule has 0 radical (unpaired) electrons. The van der Waals surface area contributed by atoms with Crippen LogP contribution in [-0.4, -0.2) is 20.3 Å². The number of aromatic amines is 1. The second-order valence-corrected chi connectivity index (χ2v) is 6.72. The molecular formula is C14H8Cl3F2NO2. The Morgan fingerprint density at radius 2 is 1.86 bits per heavy atom. The zero-order chi connectivity index (χ0) is 16.5. The fourth-order valence-electron chi connectivity index (χ4n) is 1.80. The molecule has 22 heavy (non-hydrogen) atoms. The first-order chi connectivity index (χ1) is 10.2. The summed E-state index contributed by atoms with van der Waals surface area (Å²) >= 11 is 16.4. The molecule has 0 unspecified atom stereocenters. The number of rotatable bonds is 4. The minimum absolute atomic E-state index is 0.0666. The van der Waals surface area contributed by atoms with E-state index in [-0.39, 0.29) is 23.2 Å². The van der Waals surface area contributed by atoms with Crippen LogP contribution < -0.4 is 0 Å². The van der Waals surface area contributed by atoms with Crippen LogP contribution in [0.1, 0.15) is 26.4 Å². The van der Waals surface area contributed by atoms with Gasteiger partial charge in [-0.25, -0.2) is 8.78 Å². The van der Waals surface area contributed by atoms with Crippen molar-refractivity contribution in [1.29, 1.82) is 0 Å². The number of H-pyrrole nitrogens is 1. The molecule has 8 heteroatoms. The Kier molecular flexibility index (Phi) is 4.90. The molecule has 0 saturated carbocycles. The molecule has 116 valence electrons. The zero-order valence-electron chi connectivity index (χ0n) is 10.8. The lowest BCUT2D eigenvalue weighted by molar-refractivity contribution is 0.0988. The summed E-state index contributed by atoms with van der Waals surface area (Å²) in [5, 5.41) is 0. The molecule has 0 fully saturated rings. The first kappa shape index (κ1) is 16.9. The lowest BCUT2D eigenvalue weighted by atomic mass is 10.0. The second-order valence-electron chi connectivity index (χ2n) is 4.44. The number of benzene rings is 1. The van der Waals surface area contributed by atoms with Crippen LogP contribution in [0.15, 0.2) is 30.5 Å². The molecule has 0 atom stereocenters. The molecule has 1 aromatic heterocycles. The van der Waals surface area contributed by atoms with Crippen molar-refractivity contribution in [3.05, 3.63) is 58.9 Å². The Balaban J connectivity index is 2.19. The molecule has 2 rings (SSSR count). The van der Waals surface area contributed by atoms with Crippen molar-refractivity contribution in [3.63, 3.8) is 0 Å². The number of carbonyl (C=O) groups excluding carboxylic acids is 2. The molecule has 0 bridgehead atoms. The summed E-state index contributed by atoms with van der Waals surface area (Å²) in [5.74, 6) is -3.45. The summed E-state index contributed by atoms with van der Waals surface area (Å²) < 4.78 is 24.5. The monoisotopic (exact) mass is 365 g/mol. The molecule has 0 amide bonds. The highest BCUT2D eigenvalue weighted by Gasteiger charge is 2.33. The Hall–Kier alpha value is -1.43. The van der Waals surface area contributed by atoms with Gasteiger partial charge in [-0.05, 0) is 17.7 Å². The van der Waals surface area contributed by atoms with Gasteiger partial charge in [0, 0.05) is 18.2 Å². The van der Waals surface area contributed by atoms with Crippen molar-refractivity contribution >= 4 is 46.4 Å². The van der Waals surface area contributed by atoms with Gasteiger partial charge in [-0.2, -0.15) is 0 Å². The van der Waals surface area contributed by atoms with E-state index < -0.39 is 27.0 Å². The molecule has 1 heterocycles. The number of Topliss-reactive ketones (excluding diaryl/α,β-unsaturated/α-hetero) is 2. The number of aromatic nitrogens is 1. The number of nitrogens with one attached hydrogen (secondary N) is 1. The number of halogens is 5. The van der Waals surface area contributed by atoms with E-state index in [9.17, 15) is 18.4 Å². The van der Waals surface area contributed by atoms with E-state index >= 15 is 0 Å². The average Bonchev–Trinajstić information content (AvgIpc) is 2.91. The molecule has 0 aliphatic rings. The van der Waals surface area contributed by atoms with Crippen LogP contribution in [0, 0.1) is 11.6 Å². The van der Waals surface area contributed by atoms with Crippen molar-refractivity contribution in [2.75, 3.05) is 0 Å². The van der Waals surface area contributed by atoms with Crippen molar-refractivity contribution in [2.45, 2.75) is 10.2 Å². The van der Waals surface area contributed by atoms with E-state index in [0.717, 1.165) is 6.07 Å². The standard InChI is InChI=1S/C14H8Cl3F2NO2/c15-14(16,17)13(22)10-4-8(6-20-10)11(21)5-7-2-1-3-9(18)12(7)19/h1-4,6,20H,5H2. The molecule has 3 nitrogen and oxygen atoms in total. The lowest BCUT2D eigenvalue weighted by Gasteiger charge is -2.06. The van der Waals surface area contributed by atoms with Crippen molar-refractivity contribution in [3.8, 4) is 0 Å². The van der Waals surface area contributed by atoms with Gasteiger partial charge in [-0.3, -0.25) is 9.59 Å². The number of alkyl halides is 3. The first-order valence-electron chi connectivity index (χ1n) is 5.96. The largest absolute Gasteiger partial charge is 0.358 e. The van der Waals surface area contributed by atoms with Crippen LogP contribution in [0.3, 0.4) is 0 Å². The van der Waals surface area contributed by atoms with E-state index in [2.05, 4.69) is 4.98 Å². The van der Waals surface area contributed by atoms with Gasteiger partial charge < -0.3 is 4.98 Å². The minimum atomic E-state index is -2.15. The Morgan fingerprint density at radius 1 is 1.18 bits per heavy atom. The van der Waals surface area contributed by atoms with Gasteiger partial charge in [-0.15, -0.1) is 0 Å². The SMILES string of the molecule is O=C(Cc1cccc(F)c1F)c1c[nH]c(C(=O)C(Cl)(Cl)Cl)c1. The van der Waals surface area contributed by atoms with E-state index in [1.54, 1.807) is 0 Å². The summed E-state index contributed by atoms with van der Waals surface area (Å²) in [7, 11) is 0. The van der Waals surface area contributed by atoms with Gasteiger partial charge >= 0.3 is 0 Å². The van der Waals surface area contributed by atoms with Crippen LogP contribution in [0.5, 0.6) is 0 Å². The second kappa shape index (κ2) is 6.36. The van der Waals surface area contributed by atoms with Gasteiger partial charge in [0.05, 0.1) is 5.69 Å². The summed E-state index contributed by atoms with van der Waals surface area (Å²) in [4.78, 5) is 26.3. The maximum atomic E-state index is 13.5. The molecule has 2 aromatic rings. The van der Waals surface area contributed by atoms with Crippen LogP contribution in [-0.2, 0) is 6.42 Å². The quantitative estimate of drug-likeness (QED) is 0.649. The third-order valence-corrected chi connectivity index (χ3v) is 3.40. The molecule has 1 N–H and O–H groups in total. The molecular weight excluding hydrogens is 359 g/mol. The molecule has 0 aliphatic heterocycles. The first-order valence-corrected chi connectivity index (χ1v) is 7.09. The maximum Gasteiger partial charge on any atom is 0.254 e. The van der Waals surface area contributed by atoms with Crippen molar-refractivity contribution in [1.82, 2.24) is 4.98 Å². The van der Waals surface area contributed by atoms with E-state index in [4.69, 9.17) is 34.8 Å². The van der Waals surface area contributed by atoms with Gasteiger partial charge in [0.2, 0.25) is 5.78 Å². The van der Waals surface area contributed by atoms with Gasteiger partial charge in [0.15, 0.2) is 17.4 Å². The number of ketones is 2.